The molecule has 0 fully saturated rings. The van der Waals surface area contributed by atoms with Crippen molar-refractivity contribution in [2.75, 3.05) is 0 Å². The standard InChI is InChI=1S/C9H13NO3/c1-5-3-8(13-6(5)2)7(10)4-9(11)12/h3,7H,4,10H2,1-2H3,(H,11,12)/t7-/m1/s1. The first-order chi connectivity index (χ1) is 6.00. The molecule has 1 atom stereocenters. The van der Waals surface area contributed by atoms with Crippen molar-refractivity contribution in [1.82, 2.24) is 0 Å². The Kier molecular flexibility index (Phi) is 2.72. The van der Waals surface area contributed by atoms with Gasteiger partial charge in [0.2, 0.25) is 0 Å². The Labute approximate surface area is 76.3 Å². The van der Waals surface area contributed by atoms with Gasteiger partial charge in [0.15, 0.2) is 0 Å². The van der Waals surface area contributed by atoms with E-state index in [9.17, 15) is 4.79 Å². The number of aryl methyl sites for hydroxylation is 2. The molecule has 0 saturated heterocycles. The maximum Gasteiger partial charge on any atom is 0.305 e. The third-order valence-corrected chi connectivity index (χ3v) is 1.95. The highest BCUT2D eigenvalue weighted by molar-refractivity contribution is 5.67. The second-order valence-electron chi connectivity index (χ2n) is 3.09. The zero-order chi connectivity index (χ0) is 10.0. The number of hydrogen-bond donors (Lipinski definition) is 2. The second kappa shape index (κ2) is 3.62. The van der Waals surface area contributed by atoms with Crippen LogP contribution in [0.3, 0.4) is 0 Å². The monoisotopic (exact) mass is 183 g/mol. The predicted molar refractivity (Wildman–Crippen MR) is 47.4 cm³/mol. The summed E-state index contributed by atoms with van der Waals surface area (Å²) in [5.41, 5.74) is 6.60. The van der Waals surface area contributed by atoms with Crippen LogP contribution in [-0.2, 0) is 4.79 Å². The minimum atomic E-state index is -0.917. The van der Waals surface area contributed by atoms with E-state index in [0.717, 1.165) is 11.3 Å². The number of hydrogen-bond acceptors (Lipinski definition) is 3. The minimum Gasteiger partial charge on any atom is -0.481 e. The molecule has 0 spiro atoms. The van der Waals surface area contributed by atoms with Crippen molar-refractivity contribution >= 4 is 5.97 Å². The van der Waals surface area contributed by atoms with Gasteiger partial charge in [-0.05, 0) is 25.5 Å². The minimum absolute atomic E-state index is 0.105. The van der Waals surface area contributed by atoms with Crippen LogP contribution in [0.2, 0.25) is 0 Å². The SMILES string of the molecule is Cc1cc([C@H](N)CC(=O)O)oc1C. The fraction of sp³-hybridized carbons (Fsp3) is 0.444. The van der Waals surface area contributed by atoms with Gasteiger partial charge in [-0.2, -0.15) is 0 Å². The third kappa shape index (κ3) is 2.32. The fourth-order valence-corrected chi connectivity index (χ4v) is 1.07. The molecule has 0 aliphatic heterocycles. The summed E-state index contributed by atoms with van der Waals surface area (Å²) in [6, 6.07) is 1.23. The van der Waals surface area contributed by atoms with Crippen LogP contribution in [0.4, 0.5) is 0 Å². The molecule has 0 saturated carbocycles. The summed E-state index contributed by atoms with van der Waals surface area (Å²) in [7, 11) is 0. The van der Waals surface area contributed by atoms with Gasteiger partial charge in [-0.25, -0.2) is 0 Å². The Hall–Kier alpha value is -1.29. The van der Waals surface area contributed by atoms with Crippen LogP contribution < -0.4 is 5.73 Å². The number of nitrogens with two attached hydrogens (primary N) is 1. The molecule has 4 heteroatoms. The maximum absolute atomic E-state index is 10.4. The molecule has 4 nitrogen and oxygen atoms in total. The topological polar surface area (TPSA) is 76.5 Å². The molecule has 1 aromatic rings. The molecule has 0 radical (unpaired) electrons. The summed E-state index contributed by atoms with van der Waals surface area (Å²) in [5.74, 6) is 0.410. The van der Waals surface area contributed by atoms with Crippen LogP contribution in [0.1, 0.15) is 29.5 Å². The van der Waals surface area contributed by atoms with Gasteiger partial charge in [0, 0.05) is 0 Å². The van der Waals surface area contributed by atoms with Gasteiger partial charge in [-0.3, -0.25) is 4.79 Å². The first-order valence-electron chi connectivity index (χ1n) is 4.05. The lowest BCUT2D eigenvalue weighted by Crippen LogP contribution is -2.14. The van der Waals surface area contributed by atoms with Gasteiger partial charge in [0.05, 0.1) is 12.5 Å². The molecule has 0 aliphatic rings. The molecular formula is C9H13NO3. The van der Waals surface area contributed by atoms with Gasteiger partial charge in [0.25, 0.3) is 0 Å². The number of aliphatic carboxylic acids is 1. The molecule has 1 rings (SSSR count). The molecule has 13 heavy (non-hydrogen) atoms. The number of carboxylic acids is 1. The Bertz CT molecular complexity index is 297. The Morgan fingerprint density at radius 2 is 2.31 bits per heavy atom. The van der Waals surface area contributed by atoms with Gasteiger partial charge < -0.3 is 15.3 Å². The lowest BCUT2D eigenvalue weighted by atomic mass is 10.1. The average Bonchev–Trinajstić information content (AvgIpc) is 2.31. The highest BCUT2D eigenvalue weighted by Gasteiger charge is 2.15. The normalized spacial score (nSPS) is 12.8. The number of furan rings is 1. The molecule has 0 amide bonds. The maximum atomic E-state index is 10.4. The van der Waals surface area contributed by atoms with Gasteiger partial charge in [0.1, 0.15) is 11.5 Å². The quantitative estimate of drug-likeness (QED) is 0.742. The van der Waals surface area contributed by atoms with Crippen LogP contribution in [0.5, 0.6) is 0 Å². The number of carbonyl (C=O) groups is 1. The summed E-state index contributed by atoms with van der Waals surface area (Å²) in [6.07, 6.45) is -0.105. The largest absolute Gasteiger partial charge is 0.481 e. The van der Waals surface area contributed by atoms with E-state index >= 15 is 0 Å². The van der Waals surface area contributed by atoms with Crippen LogP contribution in [0.15, 0.2) is 10.5 Å². The first kappa shape index (κ1) is 9.80. The Balaban J connectivity index is 2.77. The summed E-state index contributed by atoms with van der Waals surface area (Å²) in [4.78, 5) is 10.4. The molecule has 72 valence electrons. The van der Waals surface area contributed by atoms with Crippen LogP contribution >= 0.6 is 0 Å². The molecule has 0 bridgehead atoms. The zero-order valence-corrected chi connectivity index (χ0v) is 7.70. The molecular weight excluding hydrogens is 170 g/mol. The van der Waals surface area contributed by atoms with E-state index < -0.39 is 12.0 Å². The molecule has 1 aromatic heterocycles. The fourth-order valence-electron chi connectivity index (χ4n) is 1.07. The molecule has 0 unspecified atom stereocenters. The van der Waals surface area contributed by atoms with E-state index in [1.165, 1.54) is 0 Å². The average molecular weight is 183 g/mol. The van der Waals surface area contributed by atoms with E-state index in [0.29, 0.717) is 5.76 Å². The molecule has 0 aromatic carbocycles. The van der Waals surface area contributed by atoms with Crippen molar-refractivity contribution < 1.29 is 14.3 Å². The Morgan fingerprint density at radius 1 is 1.69 bits per heavy atom. The van der Waals surface area contributed by atoms with Crippen molar-refractivity contribution in [1.29, 1.82) is 0 Å². The van der Waals surface area contributed by atoms with Crippen molar-refractivity contribution in [2.45, 2.75) is 26.3 Å². The van der Waals surface area contributed by atoms with Crippen molar-refractivity contribution in [3.05, 3.63) is 23.2 Å². The number of rotatable bonds is 3. The summed E-state index contributed by atoms with van der Waals surface area (Å²) < 4.78 is 5.29. The highest BCUT2D eigenvalue weighted by Crippen LogP contribution is 2.20. The number of carboxylic acid groups (broad SMARTS) is 1. The predicted octanol–water partition coefficient (Wildman–Crippen LogP) is 1.37. The molecule has 0 aliphatic carbocycles. The van der Waals surface area contributed by atoms with Gasteiger partial charge >= 0.3 is 5.97 Å². The van der Waals surface area contributed by atoms with E-state index in [4.69, 9.17) is 15.3 Å². The smallest absolute Gasteiger partial charge is 0.305 e. The molecule has 3 N–H and O–H groups in total. The second-order valence-corrected chi connectivity index (χ2v) is 3.09. The van der Waals surface area contributed by atoms with E-state index in [2.05, 4.69) is 0 Å². The lowest BCUT2D eigenvalue weighted by molar-refractivity contribution is -0.137. The van der Waals surface area contributed by atoms with Gasteiger partial charge in [-0.1, -0.05) is 0 Å². The Morgan fingerprint density at radius 3 is 2.69 bits per heavy atom. The summed E-state index contributed by atoms with van der Waals surface area (Å²) in [5, 5.41) is 8.50. The van der Waals surface area contributed by atoms with Crippen molar-refractivity contribution in [3.63, 3.8) is 0 Å². The molecule has 1 heterocycles. The van der Waals surface area contributed by atoms with Gasteiger partial charge in [-0.15, -0.1) is 0 Å². The summed E-state index contributed by atoms with van der Waals surface area (Å²) in [6.45, 7) is 3.72. The van der Waals surface area contributed by atoms with Crippen LogP contribution in [0.25, 0.3) is 0 Å². The van der Waals surface area contributed by atoms with Crippen LogP contribution in [0, 0.1) is 13.8 Å². The lowest BCUT2D eigenvalue weighted by Gasteiger charge is -2.03. The third-order valence-electron chi connectivity index (χ3n) is 1.95. The highest BCUT2D eigenvalue weighted by atomic mass is 16.4. The van der Waals surface area contributed by atoms with Crippen molar-refractivity contribution in [3.8, 4) is 0 Å². The van der Waals surface area contributed by atoms with Crippen molar-refractivity contribution in [2.24, 2.45) is 5.73 Å². The summed E-state index contributed by atoms with van der Waals surface area (Å²) >= 11 is 0. The van der Waals surface area contributed by atoms with E-state index in [-0.39, 0.29) is 6.42 Å². The van der Waals surface area contributed by atoms with E-state index in [1.54, 1.807) is 6.07 Å². The van der Waals surface area contributed by atoms with E-state index in [1.807, 2.05) is 13.8 Å². The zero-order valence-electron chi connectivity index (χ0n) is 7.70. The van der Waals surface area contributed by atoms with Crippen LogP contribution in [-0.4, -0.2) is 11.1 Å². The first-order valence-corrected chi connectivity index (χ1v) is 4.05.